The van der Waals surface area contributed by atoms with Crippen molar-refractivity contribution in [3.63, 3.8) is 0 Å². The molecule has 0 aromatic carbocycles. The number of nitrogens with one attached hydrogen (secondary N) is 2. The smallest absolute Gasteiger partial charge is 0.407 e. The van der Waals surface area contributed by atoms with Gasteiger partial charge in [0, 0.05) is 6.54 Å². The number of hydrogen-bond donors (Lipinski definition) is 2. The maximum atomic E-state index is 13.0. The summed E-state index contributed by atoms with van der Waals surface area (Å²) in [6.45, 7) is 9.85. The van der Waals surface area contributed by atoms with Crippen LogP contribution in [0.3, 0.4) is 0 Å². The van der Waals surface area contributed by atoms with Crippen LogP contribution in [0.2, 0.25) is 0 Å². The van der Waals surface area contributed by atoms with Crippen molar-refractivity contribution in [1.29, 1.82) is 0 Å². The van der Waals surface area contributed by atoms with Crippen LogP contribution in [0.5, 0.6) is 0 Å². The molecule has 0 aliphatic heterocycles. The molecule has 118 valence electrons. The Kier molecular flexibility index (Phi) is 5.93. The van der Waals surface area contributed by atoms with Gasteiger partial charge < -0.3 is 15.4 Å². The SMILES string of the molecule is CC(C)C(CNc1cccc(F)n1)NC(=O)OC(C)(C)C. The Bertz CT molecular complexity index is 472. The van der Waals surface area contributed by atoms with Gasteiger partial charge in [-0.25, -0.2) is 9.78 Å². The fourth-order valence-electron chi connectivity index (χ4n) is 1.63. The number of rotatable bonds is 5. The van der Waals surface area contributed by atoms with Crippen LogP contribution in [0, 0.1) is 11.9 Å². The summed E-state index contributed by atoms with van der Waals surface area (Å²) in [7, 11) is 0. The molecule has 1 amide bonds. The van der Waals surface area contributed by atoms with Crippen LogP contribution in [-0.2, 0) is 4.74 Å². The van der Waals surface area contributed by atoms with Crippen molar-refractivity contribution >= 4 is 11.9 Å². The number of halogens is 1. The number of aromatic nitrogens is 1. The normalized spacial score (nSPS) is 12.9. The van der Waals surface area contributed by atoms with E-state index in [1.54, 1.807) is 12.1 Å². The fourth-order valence-corrected chi connectivity index (χ4v) is 1.63. The Morgan fingerprint density at radius 2 is 2.05 bits per heavy atom. The highest BCUT2D eigenvalue weighted by molar-refractivity contribution is 5.68. The van der Waals surface area contributed by atoms with Crippen LogP contribution in [0.4, 0.5) is 15.0 Å². The molecule has 1 unspecified atom stereocenters. The van der Waals surface area contributed by atoms with Gasteiger partial charge in [-0.05, 0) is 38.8 Å². The van der Waals surface area contributed by atoms with Crippen LogP contribution < -0.4 is 10.6 Å². The van der Waals surface area contributed by atoms with Gasteiger partial charge in [-0.15, -0.1) is 0 Å². The molecule has 0 aliphatic carbocycles. The van der Waals surface area contributed by atoms with E-state index in [2.05, 4.69) is 15.6 Å². The molecule has 0 fully saturated rings. The Morgan fingerprint density at radius 3 is 2.57 bits per heavy atom. The maximum absolute atomic E-state index is 13.0. The van der Waals surface area contributed by atoms with Crippen LogP contribution in [0.15, 0.2) is 18.2 Å². The number of amides is 1. The van der Waals surface area contributed by atoms with E-state index in [0.29, 0.717) is 12.4 Å². The molecule has 5 nitrogen and oxygen atoms in total. The molecule has 0 spiro atoms. The van der Waals surface area contributed by atoms with Gasteiger partial charge in [-0.3, -0.25) is 0 Å². The molecule has 0 radical (unpaired) electrons. The lowest BCUT2D eigenvalue weighted by atomic mass is 10.0. The minimum absolute atomic E-state index is 0.148. The highest BCUT2D eigenvalue weighted by Gasteiger charge is 2.21. The zero-order chi connectivity index (χ0) is 16.0. The van der Waals surface area contributed by atoms with Gasteiger partial charge in [-0.1, -0.05) is 19.9 Å². The first kappa shape index (κ1) is 17.2. The fraction of sp³-hybridized carbons (Fsp3) is 0.600. The monoisotopic (exact) mass is 297 g/mol. The molecule has 2 N–H and O–H groups in total. The van der Waals surface area contributed by atoms with Crippen molar-refractivity contribution in [3.05, 3.63) is 24.1 Å². The van der Waals surface area contributed by atoms with E-state index in [4.69, 9.17) is 4.74 Å². The van der Waals surface area contributed by atoms with Crippen LogP contribution in [-0.4, -0.2) is 29.3 Å². The van der Waals surface area contributed by atoms with E-state index in [0.717, 1.165) is 0 Å². The molecule has 0 bridgehead atoms. The number of nitrogens with zero attached hydrogens (tertiary/aromatic N) is 1. The summed E-state index contributed by atoms with van der Waals surface area (Å²) in [5.41, 5.74) is -0.539. The molecule has 1 aromatic rings. The second kappa shape index (κ2) is 7.24. The number of carbonyl (C=O) groups is 1. The average molecular weight is 297 g/mol. The molecule has 21 heavy (non-hydrogen) atoms. The predicted molar refractivity (Wildman–Crippen MR) is 80.7 cm³/mol. The van der Waals surface area contributed by atoms with E-state index < -0.39 is 17.6 Å². The third-order valence-corrected chi connectivity index (χ3v) is 2.73. The Balaban J connectivity index is 2.56. The van der Waals surface area contributed by atoms with Gasteiger partial charge in [0.05, 0.1) is 6.04 Å². The van der Waals surface area contributed by atoms with E-state index in [1.807, 2.05) is 34.6 Å². The van der Waals surface area contributed by atoms with Gasteiger partial charge in [0.2, 0.25) is 5.95 Å². The van der Waals surface area contributed by atoms with Crippen molar-refractivity contribution in [2.24, 2.45) is 5.92 Å². The Morgan fingerprint density at radius 1 is 1.38 bits per heavy atom. The Hall–Kier alpha value is -1.85. The third kappa shape index (κ3) is 6.92. The van der Waals surface area contributed by atoms with E-state index in [1.165, 1.54) is 6.07 Å². The molecule has 0 saturated carbocycles. The quantitative estimate of drug-likeness (QED) is 0.819. The zero-order valence-corrected chi connectivity index (χ0v) is 13.2. The molecular weight excluding hydrogens is 273 g/mol. The summed E-state index contributed by atoms with van der Waals surface area (Å²) < 4.78 is 18.2. The van der Waals surface area contributed by atoms with E-state index in [-0.39, 0.29) is 12.0 Å². The van der Waals surface area contributed by atoms with Crippen LogP contribution in [0.1, 0.15) is 34.6 Å². The van der Waals surface area contributed by atoms with Crippen LogP contribution >= 0.6 is 0 Å². The topological polar surface area (TPSA) is 63.2 Å². The van der Waals surface area contributed by atoms with E-state index >= 15 is 0 Å². The lowest BCUT2D eigenvalue weighted by Gasteiger charge is -2.26. The van der Waals surface area contributed by atoms with Crippen molar-refractivity contribution in [2.45, 2.75) is 46.3 Å². The first-order chi connectivity index (χ1) is 9.67. The predicted octanol–water partition coefficient (Wildman–Crippen LogP) is 3.18. The first-order valence-electron chi connectivity index (χ1n) is 7.03. The third-order valence-electron chi connectivity index (χ3n) is 2.73. The highest BCUT2D eigenvalue weighted by Crippen LogP contribution is 2.10. The summed E-state index contributed by atoms with van der Waals surface area (Å²) in [4.78, 5) is 15.5. The molecule has 1 rings (SSSR count). The Labute approximate surface area is 125 Å². The van der Waals surface area contributed by atoms with Gasteiger partial charge >= 0.3 is 6.09 Å². The summed E-state index contributed by atoms with van der Waals surface area (Å²) in [5, 5.41) is 5.83. The first-order valence-corrected chi connectivity index (χ1v) is 7.03. The van der Waals surface area contributed by atoms with Gasteiger partial charge in [0.25, 0.3) is 0 Å². The molecule has 0 aliphatic rings. The molecule has 1 aromatic heterocycles. The minimum atomic E-state index is -0.541. The van der Waals surface area contributed by atoms with Crippen molar-refractivity contribution in [3.8, 4) is 0 Å². The number of ether oxygens (including phenoxy) is 1. The van der Waals surface area contributed by atoms with Crippen LogP contribution in [0.25, 0.3) is 0 Å². The molecule has 1 atom stereocenters. The average Bonchev–Trinajstić information content (AvgIpc) is 2.32. The van der Waals surface area contributed by atoms with Crippen molar-refractivity contribution in [1.82, 2.24) is 10.3 Å². The summed E-state index contributed by atoms with van der Waals surface area (Å²) in [6.07, 6.45) is -0.463. The van der Waals surface area contributed by atoms with Crippen molar-refractivity contribution in [2.75, 3.05) is 11.9 Å². The van der Waals surface area contributed by atoms with Gasteiger partial charge in [0.1, 0.15) is 11.4 Å². The van der Waals surface area contributed by atoms with Gasteiger partial charge in [0.15, 0.2) is 0 Å². The molecule has 1 heterocycles. The second-order valence-corrected chi connectivity index (χ2v) is 6.22. The zero-order valence-electron chi connectivity index (χ0n) is 13.2. The van der Waals surface area contributed by atoms with E-state index in [9.17, 15) is 9.18 Å². The lowest BCUT2D eigenvalue weighted by molar-refractivity contribution is 0.0494. The summed E-state index contributed by atoms with van der Waals surface area (Å²) >= 11 is 0. The highest BCUT2D eigenvalue weighted by atomic mass is 19.1. The molecule has 6 heteroatoms. The van der Waals surface area contributed by atoms with Crippen molar-refractivity contribution < 1.29 is 13.9 Å². The molecule has 0 saturated heterocycles. The number of hydrogen-bond acceptors (Lipinski definition) is 4. The number of carbonyl (C=O) groups excluding carboxylic acids is 1. The lowest BCUT2D eigenvalue weighted by Crippen LogP contribution is -2.45. The van der Waals surface area contributed by atoms with Gasteiger partial charge in [-0.2, -0.15) is 4.39 Å². The largest absolute Gasteiger partial charge is 0.444 e. The number of pyridine rings is 1. The summed E-state index contributed by atoms with van der Waals surface area (Å²) in [5.74, 6) is 0.0893. The minimum Gasteiger partial charge on any atom is -0.444 e. The second-order valence-electron chi connectivity index (χ2n) is 6.22. The summed E-state index contributed by atoms with van der Waals surface area (Å²) in [6, 6.07) is 4.39. The number of anilines is 1. The maximum Gasteiger partial charge on any atom is 0.407 e. The number of alkyl carbamates (subject to hydrolysis) is 1. The standard InChI is InChI=1S/C15H24FN3O2/c1-10(2)11(18-14(20)21-15(3,4)5)9-17-13-8-6-7-12(16)19-13/h6-8,10-11H,9H2,1-5H3,(H,17,19)(H,18,20). The molecular formula is C15H24FN3O2.